The average Bonchev–Trinajstić information content (AvgIpc) is 3.23. The summed E-state index contributed by atoms with van der Waals surface area (Å²) in [5, 5.41) is 11.0. The number of carbonyl (C=O) groups excluding carboxylic acids is 2. The molecule has 5 nitrogen and oxygen atoms in total. The molecule has 0 radical (unpaired) electrons. The number of Topliss-reactive ketones (excluding diaryl/α,β-unsaturated/α-hetero) is 1. The van der Waals surface area contributed by atoms with Crippen LogP contribution in [0.1, 0.15) is 33.6 Å². The maximum absolute atomic E-state index is 12.9. The Kier molecular flexibility index (Phi) is 6.21. The molecule has 0 spiro atoms. The second-order valence-corrected chi connectivity index (χ2v) is 7.51. The van der Waals surface area contributed by atoms with E-state index in [1.54, 1.807) is 42.5 Å². The molecule has 1 unspecified atom stereocenters. The van der Waals surface area contributed by atoms with E-state index in [0.29, 0.717) is 55.8 Å². The molecule has 1 aliphatic heterocycles. The summed E-state index contributed by atoms with van der Waals surface area (Å²) >= 11 is 0. The predicted molar refractivity (Wildman–Crippen MR) is 114 cm³/mol. The van der Waals surface area contributed by atoms with Crippen molar-refractivity contribution in [3.05, 3.63) is 94.7 Å². The van der Waals surface area contributed by atoms with Crippen LogP contribution >= 0.6 is 0 Å². The molecule has 0 aromatic heterocycles. The van der Waals surface area contributed by atoms with Gasteiger partial charge in [0.15, 0.2) is 11.6 Å². The van der Waals surface area contributed by atoms with Crippen LogP contribution in [-0.4, -0.2) is 54.0 Å². The van der Waals surface area contributed by atoms with Crippen LogP contribution in [0.2, 0.25) is 0 Å². The molecule has 1 N–H and O–H groups in total. The minimum Gasteiger partial charge on any atom is -0.380 e. The highest BCUT2D eigenvalue weighted by molar-refractivity contribution is 6.05. The van der Waals surface area contributed by atoms with Crippen molar-refractivity contribution in [1.29, 1.82) is 0 Å². The monoisotopic (exact) mass is 403 g/mol. The van der Waals surface area contributed by atoms with Gasteiger partial charge in [-0.3, -0.25) is 9.59 Å². The Morgan fingerprint density at radius 1 is 0.900 bits per heavy atom. The van der Waals surface area contributed by atoms with E-state index in [1.807, 2.05) is 24.3 Å². The van der Waals surface area contributed by atoms with Gasteiger partial charge in [-0.25, -0.2) is 0 Å². The first-order valence-corrected chi connectivity index (χ1v) is 10.3. The van der Waals surface area contributed by atoms with E-state index >= 15 is 0 Å². The van der Waals surface area contributed by atoms with Gasteiger partial charge >= 0.3 is 0 Å². The van der Waals surface area contributed by atoms with Gasteiger partial charge in [0.1, 0.15) is 6.10 Å². The Balaban J connectivity index is 1.69. The molecule has 2 aromatic carbocycles. The van der Waals surface area contributed by atoms with Gasteiger partial charge in [0.05, 0.1) is 13.2 Å². The second-order valence-electron chi connectivity index (χ2n) is 7.51. The van der Waals surface area contributed by atoms with E-state index in [4.69, 9.17) is 4.74 Å². The van der Waals surface area contributed by atoms with Crippen LogP contribution in [0.15, 0.2) is 83.6 Å². The number of allylic oxidation sites excluding steroid dienone is 2. The van der Waals surface area contributed by atoms with Crippen LogP contribution in [0, 0.1) is 0 Å². The lowest BCUT2D eigenvalue weighted by molar-refractivity contribution is 0.0533. The Hall–Kier alpha value is -3.02. The van der Waals surface area contributed by atoms with Gasteiger partial charge in [0.2, 0.25) is 0 Å². The van der Waals surface area contributed by atoms with Gasteiger partial charge in [-0.1, -0.05) is 60.7 Å². The molecule has 1 saturated heterocycles. The fourth-order valence-corrected chi connectivity index (χ4v) is 4.07. The number of carbonyl (C=O) groups is 2. The summed E-state index contributed by atoms with van der Waals surface area (Å²) in [5.41, 5.74) is 3.51. The number of hydrogen-bond acceptors (Lipinski definition) is 5. The molecule has 0 amide bonds. The third kappa shape index (κ3) is 4.27. The highest BCUT2D eigenvalue weighted by Gasteiger charge is 2.33. The zero-order valence-corrected chi connectivity index (χ0v) is 16.8. The number of aliphatic hydroxyl groups is 1. The van der Waals surface area contributed by atoms with Gasteiger partial charge in [-0.05, 0) is 30.1 Å². The van der Waals surface area contributed by atoms with Crippen LogP contribution in [0.25, 0.3) is 0 Å². The Morgan fingerprint density at radius 2 is 1.50 bits per heavy atom. The molecule has 154 valence electrons. The largest absolute Gasteiger partial charge is 0.380 e. The lowest BCUT2D eigenvalue weighted by atomic mass is 9.98. The molecular formula is C25H25NO4. The standard InChI is InChI=1S/C25H25NO4/c27-22(18-7-3-1-4-8-18)17-20-11-12-21(23(20)26-13-15-30-16-14-26)25(29)24(28)19-9-5-2-6-10-19/h1-10,17,25,29H,11-16H2/b20-17+. The third-order valence-electron chi connectivity index (χ3n) is 5.60. The summed E-state index contributed by atoms with van der Waals surface area (Å²) in [6.45, 7) is 2.50. The first-order chi connectivity index (χ1) is 14.6. The summed E-state index contributed by atoms with van der Waals surface area (Å²) in [4.78, 5) is 27.8. The third-order valence-corrected chi connectivity index (χ3v) is 5.60. The molecule has 0 saturated carbocycles. The van der Waals surface area contributed by atoms with Crippen LogP contribution in [0.5, 0.6) is 0 Å². The smallest absolute Gasteiger partial charge is 0.195 e. The second kappa shape index (κ2) is 9.20. The molecule has 2 aliphatic rings. The van der Waals surface area contributed by atoms with Crippen LogP contribution < -0.4 is 0 Å². The Bertz CT molecular complexity index is 973. The fraction of sp³-hybridized carbons (Fsp3) is 0.280. The Morgan fingerprint density at radius 3 is 2.13 bits per heavy atom. The zero-order chi connectivity index (χ0) is 20.9. The SMILES string of the molecule is O=C(/C=C1\CCC(C(O)C(=O)c2ccccc2)=C1N1CCOCC1)c1ccccc1. The summed E-state index contributed by atoms with van der Waals surface area (Å²) < 4.78 is 5.48. The number of ketones is 2. The van der Waals surface area contributed by atoms with Crippen molar-refractivity contribution in [2.24, 2.45) is 0 Å². The van der Waals surface area contributed by atoms with Gasteiger partial charge in [0.25, 0.3) is 0 Å². The highest BCUT2D eigenvalue weighted by Crippen LogP contribution is 2.37. The van der Waals surface area contributed by atoms with Crippen molar-refractivity contribution < 1.29 is 19.4 Å². The zero-order valence-electron chi connectivity index (χ0n) is 16.8. The van der Waals surface area contributed by atoms with E-state index in [0.717, 1.165) is 11.3 Å². The lowest BCUT2D eigenvalue weighted by Gasteiger charge is -2.32. The molecule has 1 aliphatic carbocycles. The number of ether oxygens (including phenoxy) is 1. The van der Waals surface area contributed by atoms with Crippen molar-refractivity contribution in [2.75, 3.05) is 26.3 Å². The summed E-state index contributed by atoms with van der Waals surface area (Å²) in [6, 6.07) is 18.0. The molecule has 1 heterocycles. The van der Waals surface area contributed by atoms with Gasteiger partial charge in [-0.2, -0.15) is 0 Å². The summed E-state index contributed by atoms with van der Waals surface area (Å²) in [5.74, 6) is -0.381. The topological polar surface area (TPSA) is 66.8 Å². The van der Waals surface area contributed by atoms with E-state index in [1.165, 1.54) is 0 Å². The van der Waals surface area contributed by atoms with Crippen molar-refractivity contribution >= 4 is 11.6 Å². The van der Waals surface area contributed by atoms with E-state index in [2.05, 4.69) is 4.90 Å². The molecule has 4 rings (SSSR count). The van der Waals surface area contributed by atoms with Gasteiger partial charge in [0, 0.05) is 29.9 Å². The predicted octanol–water partition coefficient (Wildman–Crippen LogP) is 3.42. The van der Waals surface area contributed by atoms with Crippen molar-refractivity contribution in [3.8, 4) is 0 Å². The Labute approximate surface area is 176 Å². The first-order valence-electron chi connectivity index (χ1n) is 10.3. The van der Waals surface area contributed by atoms with Crippen molar-refractivity contribution in [1.82, 2.24) is 4.90 Å². The molecule has 5 heteroatoms. The molecule has 0 bridgehead atoms. The maximum atomic E-state index is 12.9. The van der Waals surface area contributed by atoms with Crippen LogP contribution in [0.4, 0.5) is 0 Å². The van der Waals surface area contributed by atoms with E-state index in [9.17, 15) is 14.7 Å². The maximum Gasteiger partial charge on any atom is 0.195 e. The number of aliphatic hydroxyl groups excluding tert-OH is 1. The summed E-state index contributed by atoms with van der Waals surface area (Å²) in [6.07, 6.45) is 1.62. The minimum absolute atomic E-state index is 0.0681. The molecule has 2 aromatic rings. The minimum atomic E-state index is -1.22. The number of nitrogens with zero attached hydrogens (tertiary/aromatic N) is 1. The number of morpholine rings is 1. The van der Waals surface area contributed by atoms with E-state index in [-0.39, 0.29) is 11.6 Å². The highest BCUT2D eigenvalue weighted by atomic mass is 16.5. The first kappa shape index (κ1) is 20.3. The van der Waals surface area contributed by atoms with Gasteiger partial charge in [-0.15, -0.1) is 0 Å². The summed E-state index contributed by atoms with van der Waals surface area (Å²) in [7, 11) is 0. The number of rotatable bonds is 6. The van der Waals surface area contributed by atoms with Crippen LogP contribution in [-0.2, 0) is 4.74 Å². The molecule has 30 heavy (non-hydrogen) atoms. The normalized spacial score (nSPS) is 19.2. The number of benzene rings is 2. The molecule has 1 fully saturated rings. The average molecular weight is 403 g/mol. The van der Waals surface area contributed by atoms with Crippen molar-refractivity contribution in [3.63, 3.8) is 0 Å². The quantitative estimate of drug-likeness (QED) is 0.591. The van der Waals surface area contributed by atoms with Crippen LogP contribution in [0.3, 0.4) is 0 Å². The van der Waals surface area contributed by atoms with Crippen molar-refractivity contribution in [2.45, 2.75) is 18.9 Å². The fourth-order valence-electron chi connectivity index (χ4n) is 4.07. The molecular weight excluding hydrogens is 378 g/mol. The molecule has 1 atom stereocenters. The lowest BCUT2D eigenvalue weighted by Crippen LogP contribution is -2.37. The van der Waals surface area contributed by atoms with E-state index < -0.39 is 6.10 Å². The van der Waals surface area contributed by atoms with Gasteiger partial charge < -0.3 is 14.7 Å². The number of hydrogen-bond donors (Lipinski definition) is 1.